The number of rotatable bonds is 7. The Bertz CT molecular complexity index is 451. The van der Waals surface area contributed by atoms with Gasteiger partial charge in [-0.05, 0) is 18.2 Å². The number of benzene rings is 1. The van der Waals surface area contributed by atoms with Gasteiger partial charge in [0, 0.05) is 26.7 Å². The van der Waals surface area contributed by atoms with Crippen molar-refractivity contribution in [2.45, 2.75) is 6.04 Å². The Balaban J connectivity index is 2.89. The van der Waals surface area contributed by atoms with Crippen LogP contribution in [0.5, 0.6) is 11.5 Å². The summed E-state index contributed by atoms with van der Waals surface area (Å²) < 4.78 is 15.3. The third-order valence-electron chi connectivity index (χ3n) is 2.87. The Morgan fingerprint density at radius 3 is 2.55 bits per heavy atom. The summed E-state index contributed by atoms with van der Waals surface area (Å²) in [7, 11) is 6.34. The number of hydrogen-bond donors (Lipinski definition) is 1. The molecule has 20 heavy (non-hydrogen) atoms. The van der Waals surface area contributed by atoms with Crippen molar-refractivity contribution in [1.82, 2.24) is 4.90 Å². The summed E-state index contributed by atoms with van der Waals surface area (Å²) in [5.41, 5.74) is 6.30. The van der Waals surface area contributed by atoms with E-state index >= 15 is 0 Å². The molecular formula is C14H22N2O4. The molecule has 6 nitrogen and oxygen atoms in total. The smallest absolute Gasteiger partial charge is 0.257 e. The van der Waals surface area contributed by atoms with Crippen molar-refractivity contribution in [1.29, 1.82) is 0 Å². The maximum Gasteiger partial charge on any atom is 0.257 e. The molecule has 6 heteroatoms. The van der Waals surface area contributed by atoms with Gasteiger partial charge in [-0.1, -0.05) is 0 Å². The number of nitrogens with zero attached hydrogens (tertiary/aromatic N) is 1. The maximum atomic E-state index is 12.4. The molecule has 1 atom stereocenters. The van der Waals surface area contributed by atoms with Crippen LogP contribution in [0.3, 0.4) is 0 Å². The lowest BCUT2D eigenvalue weighted by Crippen LogP contribution is -2.41. The number of hydrogen-bond acceptors (Lipinski definition) is 5. The van der Waals surface area contributed by atoms with E-state index in [-0.39, 0.29) is 11.9 Å². The minimum Gasteiger partial charge on any atom is -0.497 e. The number of amides is 1. The molecule has 0 heterocycles. The average molecular weight is 282 g/mol. The van der Waals surface area contributed by atoms with E-state index in [1.54, 1.807) is 44.4 Å². The summed E-state index contributed by atoms with van der Waals surface area (Å²) in [6.07, 6.45) is 0. The van der Waals surface area contributed by atoms with Crippen LogP contribution in [0.15, 0.2) is 18.2 Å². The van der Waals surface area contributed by atoms with E-state index in [4.69, 9.17) is 19.9 Å². The Labute approximate surface area is 119 Å². The summed E-state index contributed by atoms with van der Waals surface area (Å²) in [6, 6.07) is 4.87. The fraction of sp³-hybridized carbons (Fsp3) is 0.500. The molecule has 1 aromatic carbocycles. The van der Waals surface area contributed by atoms with Gasteiger partial charge in [0.1, 0.15) is 11.5 Å². The molecule has 0 saturated carbocycles. The molecule has 0 radical (unpaired) electrons. The van der Waals surface area contributed by atoms with E-state index in [0.29, 0.717) is 30.2 Å². The molecule has 0 aliphatic carbocycles. The first kappa shape index (κ1) is 16.3. The highest BCUT2D eigenvalue weighted by molar-refractivity contribution is 5.97. The summed E-state index contributed by atoms with van der Waals surface area (Å²) >= 11 is 0. The first-order valence-corrected chi connectivity index (χ1v) is 6.25. The van der Waals surface area contributed by atoms with Gasteiger partial charge in [0.15, 0.2) is 0 Å². The average Bonchev–Trinajstić information content (AvgIpc) is 2.45. The van der Waals surface area contributed by atoms with Gasteiger partial charge in [0.25, 0.3) is 5.91 Å². The zero-order valence-corrected chi connectivity index (χ0v) is 12.4. The van der Waals surface area contributed by atoms with E-state index in [2.05, 4.69) is 0 Å². The summed E-state index contributed by atoms with van der Waals surface area (Å²) in [5.74, 6) is 0.930. The molecule has 1 aromatic rings. The van der Waals surface area contributed by atoms with Gasteiger partial charge in [-0.2, -0.15) is 0 Å². The van der Waals surface area contributed by atoms with E-state index in [1.165, 1.54) is 7.11 Å². The van der Waals surface area contributed by atoms with Crippen LogP contribution in [-0.4, -0.2) is 58.4 Å². The minimum atomic E-state index is -0.231. The maximum absolute atomic E-state index is 12.4. The van der Waals surface area contributed by atoms with Gasteiger partial charge in [0.2, 0.25) is 0 Å². The lowest BCUT2D eigenvalue weighted by molar-refractivity contribution is 0.0761. The number of carbonyl (C=O) groups excluding carboxylic acids is 1. The number of methoxy groups -OCH3 is 3. The van der Waals surface area contributed by atoms with Gasteiger partial charge in [-0.25, -0.2) is 0 Å². The van der Waals surface area contributed by atoms with Crippen molar-refractivity contribution in [2.24, 2.45) is 5.73 Å². The largest absolute Gasteiger partial charge is 0.497 e. The van der Waals surface area contributed by atoms with Crippen LogP contribution in [-0.2, 0) is 4.74 Å². The van der Waals surface area contributed by atoms with E-state index in [9.17, 15) is 4.79 Å². The van der Waals surface area contributed by atoms with Crippen LogP contribution in [0.4, 0.5) is 0 Å². The summed E-state index contributed by atoms with van der Waals surface area (Å²) in [4.78, 5) is 14.0. The Kier molecular flexibility index (Phi) is 6.27. The van der Waals surface area contributed by atoms with E-state index in [1.807, 2.05) is 0 Å². The fourth-order valence-electron chi connectivity index (χ4n) is 1.89. The van der Waals surface area contributed by atoms with Crippen molar-refractivity contribution in [3.8, 4) is 11.5 Å². The van der Waals surface area contributed by atoms with Crippen molar-refractivity contribution in [2.75, 3.05) is 41.5 Å². The predicted molar refractivity (Wildman–Crippen MR) is 76.4 cm³/mol. The number of ether oxygens (including phenoxy) is 3. The lowest BCUT2D eigenvalue weighted by atomic mass is 10.1. The summed E-state index contributed by atoms with van der Waals surface area (Å²) in [5, 5.41) is 0. The summed E-state index contributed by atoms with van der Waals surface area (Å²) in [6.45, 7) is 0.792. The van der Waals surface area contributed by atoms with Gasteiger partial charge in [-0.3, -0.25) is 4.79 Å². The molecule has 0 aliphatic rings. The monoisotopic (exact) mass is 282 g/mol. The highest BCUT2D eigenvalue weighted by atomic mass is 16.5. The zero-order valence-electron chi connectivity index (χ0n) is 12.4. The number of likely N-dealkylation sites (N-methyl/N-ethyl adjacent to an activating group) is 1. The molecular weight excluding hydrogens is 260 g/mol. The van der Waals surface area contributed by atoms with Gasteiger partial charge < -0.3 is 24.8 Å². The topological polar surface area (TPSA) is 74.0 Å². The standard InChI is InChI=1S/C14H22N2O4/c1-16(8-10(15)9-18-2)14(17)12-7-11(19-3)5-6-13(12)20-4/h5-7,10H,8-9,15H2,1-4H3. The van der Waals surface area contributed by atoms with Crippen LogP contribution in [0.2, 0.25) is 0 Å². The van der Waals surface area contributed by atoms with Crippen LogP contribution in [0, 0.1) is 0 Å². The Morgan fingerprint density at radius 2 is 2.00 bits per heavy atom. The van der Waals surface area contributed by atoms with Crippen molar-refractivity contribution in [3.05, 3.63) is 23.8 Å². The molecule has 1 rings (SSSR count). The fourth-order valence-corrected chi connectivity index (χ4v) is 1.89. The van der Waals surface area contributed by atoms with Crippen LogP contribution in [0.1, 0.15) is 10.4 Å². The highest BCUT2D eigenvalue weighted by Gasteiger charge is 2.19. The van der Waals surface area contributed by atoms with E-state index < -0.39 is 0 Å². The molecule has 2 N–H and O–H groups in total. The third-order valence-corrected chi connectivity index (χ3v) is 2.87. The third kappa shape index (κ3) is 4.11. The normalized spacial score (nSPS) is 11.8. The zero-order chi connectivity index (χ0) is 15.1. The lowest BCUT2D eigenvalue weighted by Gasteiger charge is -2.22. The Morgan fingerprint density at radius 1 is 1.30 bits per heavy atom. The van der Waals surface area contributed by atoms with E-state index in [0.717, 1.165) is 0 Å². The van der Waals surface area contributed by atoms with Crippen LogP contribution in [0.25, 0.3) is 0 Å². The second-order valence-electron chi connectivity index (χ2n) is 4.47. The number of nitrogens with two attached hydrogens (primary N) is 1. The molecule has 0 spiro atoms. The molecule has 1 unspecified atom stereocenters. The van der Waals surface area contributed by atoms with Gasteiger partial charge in [-0.15, -0.1) is 0 Å². The second-order valence-corrected chi connectivity index (χ2v) is 4.47. The quantitative estimate of drug-likeness (QED) is 0.799. The molecule has 1 amide bonds. The molecule has 0 fully saturated rings. The van der Waals surface area contributed by atoms with Gasteiger partial charge >= 0.3 is 0 Å². The minimum absolute atomic E-state index is 0.174. The second kappa shape index (κ2) is 7.72. The molecule has 0 aromatic heterocycles. The molecule has 112 valence electrons. The van der Waals surface area contributed by atoms with Crippen molar-refractivity contribution >= 4 is 5.91 Å². The first-order chi connectivity index (χ1) is 9.53. The molecule has 0 aliphatic heterocycles. The first-order valence-electron chi connectivity index (χ1n) is 6.25. The SMILES string of the molecule is COCC(N)CN(C)C(=O)c1cc(OC)ccc1OC. The van der Waals surface area contributed by atoms with Crippen molar-refractivity contribution in [3.63, 3.8) is 0 Å². The molecule has 0 saturated heterocycles. The van der Waals surface area contributed by atoms with Crippen molar-refractivity contribution < 1.29 is 19.0 Å². The predicted octanol–water partition coefficient (Wildman–Crippen LogP) is 0.750. The molecule has 0 bridgehead atoms. The van der Waals surface area contributed by atoms with Gasteiger partial charge in [0.05, 0.1) is 26.4 Å². The highest BCUT2D eigenvalue weighted by Crippen LogP contribution is 2.25. The van der Waals surface area contributed by atoms with Crippen LogP contribution >= 0.6 is 0 Å². The number of carbonyl (C=O) groups is 1. The van der Waals surface area contributed by atoms with Crippen LogP contribution < -0.4 is 15.2 Å². The Hall–Kier alpha value is -1.79.